The summed E-state index contributed by atoms with van der Waals surface area (Å²) in [6, 6.07) is 0.398. The van der Waals surface area contributed by atoms with Gasteiger partial charge < -0.3 is 14.5 Å². The van der Waals surface area contributed by atoms with Crippen molar-refractivity contribution in [3.05, 3.63) is 18.4 Å². The van der Waals surface area contributed by atoms with Gasteiger partial charge in [-0.1, -0.05) is 13.3 Å². The molecule has 0 aromatic carbocycles. The zero-order valence-electron chi connectivity index (χ0n) is 8.82. The van der Waals surface area contributed by atoms with Crippen LogP contribution in [0.5, 0.6) is 0 Å². The first kappa shape index (κ1) is 11.2. The molecule has 0 saturated carbocycles. The van der Waals surface area contributed by atoms with E-state index >= 15 is 0 Å². The predicted octanol–water partition coefficient (Wildman–Crippen LogP) is 1.58. The molecule has 0 aliphatic rings. The maximum Gasteiger partial charge on any atom is 0.180 e. The number of aromatic nitrogens is 1. The maximum absolute atomic E-state index is 5.13. The van der Waals surface area contributed by atoms with Gasteiger partial charge in [-0.05, 0) is 6.42 Å². The number of rotatable bonds is 7. The van der Waals surface area contributed by atoms with Gasteiger partial charge in [0.15, 0.2) is 6.39 Å². The van der Waals surface area contributed by atoms with E-state index < -0.39 is 0 Å². The zero-order chi connectivity index (χ0) is 10.2. The molecule has 1 aromatic rings. The van der Waals surface area contributed by atoms with Crippen molar-refractivity contribution in [2.45, 2.75) is 32.4 Å². The van der Waals surface area contributed by atoms with Crippen LogP contribution in [0.1, 0.15) is 25.5 Å². The topological polar surface area (TPSA) is 47.3 Å². The molecule has 1 heterocycles. The van der Waals surface area contributed by atoms with E-state index in [-0.39, 0.29) is 0 Å². The van der Waals surface area contributed by atoms with E-state index in [0.29, 0.717) is 12.6 Å². The Bertz CT molecular complexity index is 218. The van der Waals surface area contributed by atoms with Gasteiger partial charge in [-0.3, -0.25) is 0 Å². The lowest BCUT2D eigenvalue weighted by molar-refractivity contribution is 0.160. The largest absolute Gasteiger partial charge is 0.447 e. The molecule has 1 N–H and O–H groups in total. The molecule has 0 aliphatic carbocycles. The number of hydrogen-bond donors (Lipinski definition) is 1. The third-order valence-electron chi connectivity index (χ3n) is 2.05. The van der Waals surface area contributed by atoms with Crippen molar-refractivity contribution in [1.82, 2.24) is 10.3 Å². The van der Waals surface area contributed by atoms with E-state index in [2.05, 4.69) is 17.2 Å². The number of oxazole rings is 1. The smallest absolute Gasteiger partial charge is 0.180 e. The average molecular weight is 198 g/mol. The molecule has 1 unspecified atom stereocenters. The lowest BCUT2D eigenvalue weighted by atomic mass is 10.2. The normalized spacial score (nSPS) is 13.0. The van der Waals surface area contributed by atoms with E-state index in [4.69, 9.17) is 9.15 Å². The van der Waals surface area contributed by atoms with Crippen LogP contribution in [0.4, 0.5) is 0 Å². The van der Waals surface area contributed by atoms with Crippen LogP contribution in [0.2, 0.25) is 0 Å². The summed E-state index contributed by atoms with van der Waals surface area (Å²) < 4.78 is 10.2. The summed E-state index contributed by atoms with van der Waals surface area (Å²) in [6.07, 6.45) is 5.43. The molecule has 0 amide bonds. The van der Waals surface area contributed by atoms with Crippen LogP contribution in [0.3, 0.4) is 0 Å². The Morgan fingerprint density at radius 3 is 3.07 bits per heavy atom. The number of hydrogen-bond acceptors (Lipinski definition) is 4. The second kappa shape index (κ2) is 6.56. The Morgan fingerprint density at radius 2 is 2.50 bits per heavy atom. The minimum absolute atomic E-state index is 0.398. The zero-order valence-corrected chi connectivity index (χ0v) is 8.82. The summed E-state index contributed by atoms with van der Waals surface area (Å²) in [4.78, 5) is 3.85. The van der Waals surface area contributed by atoms with Gasteiger partial charge in [0.2, 0.25) is 0 Å². The van der Waals surface area contributed by atoms with Gasteiger partial charge in [0.1, 0.15) is 5.76 Å². The molecule has 0 aliphatic heterocycles. The molecule has 4 nitrogen and oxygen atoms in total. The van der Waals surface area contributed by atoms with Gasteiger partial charge in [-0.25, -0.2) is 4.98 Å². The summed E-state index contributed by atoms with van der Waals surface area (Å²) in [5, 5.41) is 3.37. The summed E-state index contributed by atoms with van der Waals surface area (Å²) in [5.74, 6) is 0.863. The van der Waals surface area contributed by atoms with Crippen LogP contribution in [0.15, 0.2) is 17.0 Å². The predicted molar refractivity (Wildman–Crippen MR) is 53.9 cm³/mol. The van der Waals surface area contributed by atoms with Crippen molar-refractivity contribution in [2.75, 3.05) is 13.7 Å². The van der Waals surface area contributed by atoms with E-state index in [9.17, 15) is 0 Å². The molecule has 0 saturated heterocycles. The number of methoxy groups -OCH3 is 1. The minimum Gasteiger partial charge on any atom is -0.447 e. The molecule has 14 heavy (non-hydrogen) atoms. The number of ether oxygens (including phenoxy) is 1. The number of nitrogens with one attached hydrogen (secondary N) is 1. The van der Waals surface area contributed by atoms with Crippen molar-refractivity contribution >= 4 is 0 Å². The number of nitrogens with zero attached hydrogens (tertiary/aromatic N) is 1. The minimum atomic E-state index is 0.398. The Hall–Kier alpha value is -0.870. The highest BCUT2D eigenvalue weighted by Gasteiger charge is 2.07. The van der Waals surface area contributed by atoms with Gasteiger partial charge >= 0.3 is 0 Å². The molecule has 1 atom stereocenters. The Kier molecular flexibility index (Phi) is 5.25. The van der Waals surface area contributed by atoms with E-state index in [1.165, 1.54) is 6.39 Å². The lowest BCUT2D eigenvalue weighted by Gasteiger charge is -2.15. The quantitative estimate of drug-likeness (QED) is 0.722. The molecular formula is C10H18N2O2. The SMILES string of the molecule is CCCC(COC)NCc1cnco1. The molecular weight excluding hydrogens is 180 g/mol. The maximum atomic E-state index is 5.13. The fourth-order valence-corrected chi connectivity index (χ4v) is 1.37. The lowest BCUT2D eigenvalue weighted by Crippen LogP contribution is -2.32. The van der Waals surface area contributed by atoms with Crippen molar-refractivity contribution < 1.29 is 9.15 Å². The molecule has 1 aromatic heterocycles. The first-order valence-electron chi connectivity index (χ1n) is 4.96. The van der Waals surface area contributed by atoms with E-state index in [1.54, 1.807) is 13.3 Å². The third-order valence-corrected chi connectivity index (χ3v) is 2.05. The highest BCUT2D eigenvalue weighted by atomic mass is 16.5. The van der Waals surface area contributed by atoms with Crippen molar-refractivity contribution in [3.63, 3.8) is 0 Å². The average Bonchev–Trinajstić information content (AvgIpc) is 2.67. The third kappa shape index (κ3) is 3.89. The monoisotopic (exact) mass is 198 g/mol. The van der Waals surface area contributed by atoms with Gasteiger partial charge in [0.25, 0.3) is 0 Å². The molecule has 1 rings (SSSR count). The second-order valence-corrected chi connectivity index (χ2v) is 3.29. The standard InChI is InChI=1S/C10H18N2O2/c1-3-4-9(7-13-2)12-6-10-5-11-8-14-10/h5,8-9,12H,3-4,6-7H2,1-2H3. The van der Waals surface area contributed by atoms with Crippen molar-refractivity contribution in [3.8, 4) is 0 Å². The van der Waals surface area contributed by atoms with Crippen molar-refractivity contribution in [2.24, 2.45) is 0 Å². The highest BCUT2D eigenvalue weighted by Crippen LogP contribution is 2.01. The summed E-state index contributed by atoms with van der Waals surface area (Å²) in [7, 11) is 1.72. The first-order chi connectivity index (χ1) is 6.86. The van der Waals surface area contributed by atoms with Crippen LogP contribution in [0.25, 0.3) is 0 Å². The molecule has 0 fully saturated rings. The molecule has 0 bridgehead atoms. The second-order valence-electron chi connectivity index (χ2n) is 3.29. The molecule has 4 heteroatoms. The van der Waals surface area contributed by atoms with Gasteiger partial charge in [0.05, 0.1) is 19.3 Å². The molecule has 80 valence electrons. The van der Waals surface area contributed by atoms with Crippen LogP contribution in [-0.2, 0) is 11.3 Å². The van der Waals surface area contributed by atoms with Gasteiger partial charge in [-0.2, -0.15) is 0 Å². The van der Waals surface area contributed by atoms with Crippen LogP contribution < -0.4 is 5.32 Å². The van der Waals surface area contributed by atoms with Crippen LogP contribution >= 0.6 is 0 Å². The highest BCUT2D eigenvalue weighted by molar-refractivity contribution is 4.88. The van der Waals surface area contributed by atoms with Crippen molar-refractivity contribution in [1.29, 1.82) is 0 Å². The van der Waals surface area contributed by atoms with Crippen LogP contribution in [0, 0.1) is 0 Å². The summed E-state index contributed by atoms with van der Waals surface area (Å²) >= 11 is 0. The fraction of sp³-hybridized carbons (Fsp3) is 0.700. The van der Waals surface area contributed by atoms with Gasteiger partial charge in [-0.15, -0.1) is 0 Å². The van der Waals surface area contributed by atoms with E-state index in [0.717, 1.165) is 25.2 Å². The molecule has 0 spiro atoms. The Morgan fingerprint density at radius 1 is 1.64 bits per heavy atom. The Labute approximate surface area is 84.7 Å². The van der Waals surface area contributed by atoms with Gasteiger partial charge in [0, 0.05) is 13.2 Å². The van der Waals surface area contributed by atoms with Crippen LogP contribution in [-0.4, -0.2) is 24.7 Å². The Balaban J connectivity index is 2.25. The summed E-state index contributed by atoms with van der Waals surface area (Å²) in [5.41, 5.74) is 0. The first-order valence-corrected chi connectivity index (χ1v) is 4.96. The summed E-state index contributed by atoms with van der Waals surface area (Å²) in [6.45, 7) is 3.62. The van der Waals surface area contributed by atoms with E-state index in [1.807, 2.05) is 0 Å². The molecule has 0 radical (unpaired) electrons. The fourth-order valence-electron chi connectivity index (χ4n) is 1.37.